The second kappa shape index (κ2) is 9.17. The first kappa shape index (κ1) is 18.2. The van der Waals surface area contributed by atoms with E-state index < -0.39 is 0 Å². The molecule has 0 amide bonds. The van der Waals surface area contributed by atoms with Crippen LogP contribution in [-0.4, -0.2) is 7.39 Å². The molecule has 0 atom stereocenters. The summed E-state index contributed by atoms with van der Waals surface area (Å²) in [5.74, 6) is 0. The molecule has 0 aliphatic heterocycles. The van der Waals surface area contributed by atoms with Gasteiger partial charge in [0, 0.05) is 0 Å². The summed E-state index contributed by atoms with van der Waals surface area (Å²) in [5.41, 5.74) is 4.71. The van der Waals surface area contributed by atoms with Crippen molar-refractivity contribution in [1.82, 2.24) is 0 Å². The molecule has 1 aliphatic carbocycles. The minimum Gasteiger partial charge on any atom is -1.00 e. The van der Waals surface area contributed by atoms with Crippen LogP contribution < -0.4 is 24.8 Å². The van der Waals surface area contributed by atoms with Crippen LogP contribution in [0.1, 0.15) is 25.8 Å². The molecule has 1 aliphatic rings. The summed E-state index contributed by atoms with van der Waals surface area (Å²) in [6.07, 6.45) is 3.69. The van der Waals surface area contributed by atoms with Gasteiger partial charge in [-0.25, -0.2) is 0 Å². The third kappa shape index (κ3) is 5.07. The van der Waals surface area contributed by atoms with Crippen LogP contribution in [0, 0.1) is 0 Å². The first-order valence-corrected chi connectivity index (χ1v) is 11.7. The van der Waals surface area contributed by atoms with E-state index in [2.05, 4.69) is 50.3 Å². The van der Waals surface area contributed by atoms with Gasteiger partial charge in [-0.15, -0.1) is 0 Å². The summed E-state index contributed by atoms with van der Waals surface area (Å²) in [7, 11) is 0.163. The summed E-state index contributed by atoms with van der Waals surface area (Å²) >= 11 is 0.258. The summed E-state index contributed by atoms with van der Waals surface area (Å²) < 4.78 is 1.83. The monoisotopic (exact) mass is 332 g/mol. The molecular weight excluding hydrogens is 315 g/mol. The van der Waals surface area contributed by atoms with Crippen LogP contribution in [0.4, 0.5) is 0 Å². The van der Waals surface area contributed by atoms with Crippen LogP contribution in [0.25, 0.3) is 0 Å². The van der Waals surface area contributed by atoms with Crippen LogP contribution in [0.15, 0.2) is 51.4 Å². The molecule has 0 N–H and O–H groups in total. The van der Waals surface area contributed by atoms with Crippen molar-refractivity contribution in [2.24, 2.45) is 0 Å². The number of hydrogen-bond donors (Lipinski definition) is 0. The third-order valence-electron chi connectivity index (χ3n) is 3.25. The maximum atomic E-state index is 2.41. The molecule has 0 radical (unpaired) electrons. The predicted molar refractivity (Wildman–Crippen MR) is 69.8 cm³/mol. The molecule has 0 spiro atoms. The predicted octanol–water partition coefficient (Wildman–Crippen LogP) is -3.02. The van der Waals surface area contributed by atoms with Crippen molar-refractivity contribution in [3.05, 3.63) is 57.0 Å². The smallest absolute Gasteiger partial charge is 1.00 e. The maximum absolute atomic E-state index is 2.41. The fraction of sp³-hybridized carbons (Fsp3) is 0.286. The molecule has 0 saturated heterocycles. The fourth-order valence-electron chi connectivity index (χ4n) is 2.01. The molecule has 0 heterocycles. The van der Waals surface area contributed by atoms with Gasteiger partial charge in [0.15, 0.2) is 0 Å². The number of halogens is 2. The first-order chi connectivity index (χ1) is 7.77. The Balaban J connectivity index is 0.00000144. The van der Waals surface area contributed by atoms with Gasteiger partial charge in [0.25, 0.3) is 0 Å². The van der Waals surface area contributed by atoms with Crippen LogP contribution >= 0.6 is 0 Å². The number of rotatable bonds is 4. The van der Waals surface area contributed by atoms with E-state index in [0.29, 0.717) is 0 Å². The van der Waals surface area contributed by atoms with Crippen LogP contribution in [0.2, 0.25) is 0 Å². The van der Waals surface area contributed by atoms with Gasteiger partial charge in [-0.05, 0) is 0 Å². The van der Waals surface area contributed by atoms with Gasteiger partial charge < -0.3 is 24.8 Å². The van der Waals surface area contributed by atoms with E-state index in [1.807, 2.05) is 3.88 Å². The Morgan fingerprint density at radius 3 is 2.33 bits per heavy atom. The van der Waals surface area contributed by atoms with Crippen molar-refractivity contribution in [2.75, 3.05) is 0 Å². The van der Waals surface area contributed by atoms with E-state index in [9.17, 15) is 0 Å². The second-order valence-electron chi connectivity index (χ2n) is 4.36. The average molecular weight is 333 g/mol. The van der Waals surface area contributed by atoms with Gasteiger partial charge in [0.2, 0.25) is 0 Å². The van der Waals surface area contributed by atoms with Gasteiger partial charge in [0.1, 0.15) is 0 Å². The molecule has 18 heavy (non-hydrogen) atoms. The summed E-state index contributed by atoms with van der Waals surface area (Å²) in [6, 6.07) is 12.4. The van der Waals surface area contributed by atoms with E-state index in [4.69, 9.17) is 0 Å². The molecule has 96 valence electrons. The zero-order valence-electron chi connectivity index (χ0n) is 10.8. The van der Waals surface area contributed by atoms with E-state index in [1.165, 1.54) is 18.0 Å². The van der Waals surface area contributed by atoms with E-state index in [1.54, 1.807) is 11.1 Å². The van der Waals surface area contributed by atoms with Gasteiger partial charge >= 0.3 is 109 Å². The van der Waals surface area contributed by atoms with E-state index in [-0.39, 0.29) is 50.6 Å². The van der Waals surface area contributed by atoms with Crippen LogP contribution in [0.3, 0.4) is 0 Å². The molecule has 0 unspecified atom stereocenters. The molecule has 2 rings (SSSR count). The van der Waals surface area contributed by atoms with Gasteiger partial charge in [-0.1, -0.05) is 0 Å². The Morgan fingerprint density at radius 2 is 1.78 bits per heavy atom. The standard InChI is InChI=1S/C7H9Si.C7H9.2ClH.Ti/c8-6-7-4-2-1-3-5-7;1-6-4-3-5-7(6)2;;;/h1-5H,6,8H2;4H,3H2,1-2H3;2*1H;/q;;;;+2/p-2. The summed E-state index contributed by atoms with van der Waals surface area (Å²) in [5, 5.41) is 0. The zero-order chi connectivity index (χ0) is 11.4. The van der Waals surface area contributed by atoms with Gasteiger partial charge in [0.05, 0.1) is 0 Å². The Hall–Kier alpha value is 0.211. The normalized spacial score (nSPS) is 14.0. The summed E-state index contributed by atoms with van der Waals surface area (Å²) in [4.78, 5) is 0. The van der Waals surface area contributed by atoms with Crippen molar-refractivity contribution in [1.29, 1.82) is 0 Å². The Bertz CT molecular complexity index is 427. The van der Waals surface area contributed by atoms with E-state index in [0.717, 1.165) is 0 Å². The van der Waals surface area contributed by atoms with Crippen molar-refractivity contribution >= 4 is 7.39 Å². The average Bonchev–Trinajstić information content (AvgIpc) is 2.62. The van der Waals surface area contributed by atoms with Crippen LogP contribution in [-0.2, 0) is 24.5 Å². The minimum absolute atomic E-state index is 0. The molecule has 0 nitrogen and oxygen atoms in total. The molecule has 0 bridgehead atoms. The Labute approximate surface area is 133 Å². The maximum Gasteiger partial charge on any atom is -1.00 e. The number of allylic oxidation sites excluding steroid dienone is 4. The molecule has 0 saturated carbocycles. The van der Waals surface area contributed by atoms with Crippen molar-refractivity contribution in [3.8, 4) is 0 Å². The molecule has 1 aromatic rings. The second-order valence-corrected chi connectivity index (χ2v) is 10.7. The largest absolute Gasteiger partial charge is 1.00 e. The molecule has 0 aromatic heterocycles. The first-order valence-electron chi connectivity index (χ1n) is 5.92. The Kier molecular flexibility index (Phi) is 9.28. The Morgan fingerprint density at radius 1 is 1.11 bits per heavy atom. The topological polar surface area (TPSA) is 0 Å². The summed E-state index contributed by atoms with van der Waals surface area (Å²) in [6.45, 7) is 4.57. The molecule has 1 aromatic carbocycles. The number of hydrogen-bond acceptors (Lipinski definition) is 0. The molecule has 4 heteroatoms. The van der Waals surface area contributed by atoms with Crippen molar-refractivity contribution < 1.29 is 43.2 Å². The zero-order valence-corrected chi connectivity index (χ0v) is 15.3. The van der Waals surface area contributed by atoms with Gasteiger partial charge in [-0.3, -0.25) is 0 Å². The van der Waals surface area contributed by atoms with Crippen molar-refractivity contribution in [3.63, 3.8) is 0 Å². The third-order valence-corrected chi connectivity index (χ3v) is 10.0. The van der Waals surface area contributed by atoms with Crippen LogP contribution in [0.5, 0.6) is 0 Å². The van der Waals surface area contributed by atoms with Gasteiger partial charge in [-0.2, -0.15) is 0 Å². The van der Waals surface area contributed by atoms with Crippen molar-refractivity contribution in [2.45, 2.75) is 26.3 Å². The molecular formula is C14H18Cl2SiTi. The number of benzene rings is 1. The SMILES string of the molecule is CC1=CC[C]([Ti+2][SiH2]Cc2ccccc2)=C1C.[Cl-].[Cl-]. The quantitative estimate of drug-likeness (QED) is 0.515. The molecule has 0 fully saturated rings. The minimum atomic E-state index is 0. The fourth-order valence-corrected chi connectivity index (χ4v) is 9.20. The van der Waals surface area contributed by atoms with E-state index >= 15 is 0 Å².